The van der Waals surface area contributed by atoms with Crippen LogP contribution in [-0.2, 0) is 94.3 Å². The molecular formula is C72H116N24O18S. The average Bonchev–Trinajstić information content (AvgIpc) is 1.71. The molecule has 0 fully saturated rings. The summed E-state index contributed by atoms with van der Waals surface area (Å²) < 4.78 is 0. The summed E-state index contributed by atoms with van der Waals surface area (Å²) >= 11 is 1.44. The van der Waals surface area contributed by atoms with Crippen LogP contribution in [0.5, 0.6) is 0 Å². The molecule has 16 amide bonds. The third-order valence-electron chi connectivity index (χ3n) is 17.7. The molecule has 0 bridgehead atoms. The number of thioether (sulfide) groups is 1. The van der Waals surface area contributed by atoms with Crippen LogP contribution in [0, 0.1) is 17.8 Å². The van der Waals surface area contributed by atoms with Crippen molar-refractivity contribution in [1.29, 1.82) is 0 Å². The zero-order valence-electron chi connectivity index (χ0n) is 66.1. The number of aromatic nitrogens is 3. The first-order chi connectivity index (χ1) is 54.2. The Hall–Kier alpha value is -11.5. The molecule has 12 atom stereocenters. The summed E-state index contributed by atoms with van der Waals surface area (Å²) in [6.45, 7) is 10.0. The summed E-state index contributed by atoms with van der Waals surface area (Å²) in [5.41, 5.74) is 40.5. The number of primary amides is 3. The number of carbonyl (C=O) groups excluding carboxylic acids is 16. The summed E-state index contributed by atoms with van der Waals surface area (Å²) in [7, 11) is 0. The number of hydrogen-bond acceptors (Lipinski definition) is 22. The summed E-state index contributed by atoms with van der Waals surface area (Å²) in [6, 6.07) is -10.4. The first kappa shape index (κ1) is 97.7. The van der Waals surface area contributed by atoms with Gasteiger partial charge in [-0.25, -0.2) is 4.98 Å². The van der Waals surface area contributed by atoms with Crippen molar-refractivity contribution in [3.8, 4) is 0 Å². The number of rotatable bonds is 55. The van der Waals surface area contributed by atoms with Crippen molar-refractivity contribution in [3.05, 3.63) is 54.2 Å². The Morgan fingerprint density at radius 3 is 1.51 bits per heavy atom. The number of aliphatic carboxylic acids is 1. The summed E-state index contributed by atoms with van der Waals surface area (Å²) in [5.74, 6) is -17.5. The zero-order chi connectivity index (χ0) is 86.2. The van der Waals surface area contributed by atoms with Crippen molar-refractivity contribution in [1.82, 2.24) is 84.1 Å². The Balaban J connectivity index is 1.85. The molecule has 42 nitrogen and oxygen atoms in total. The SMILES string of the molecule is CSCC[C@H](NC(=O)[C@H](CC(C)C)NC(=O)[C@H](Cc1cnc[nH]1)NC(=O)CNC(=O)[C@@H](NC(=O)[C@H](C)NC(=O)[C@H](Cc1c[nH]c2ccccc12)NC(=O)[C@H](CCC(N)=O)NC(=O)[C@H](CC(=O)O)NC(=O)CNC(=O)[C@H](CC(C)C)NC(=O)[C@H](CCCN=C(N)N)NC(=O)[C@H](CCC(N)=O)NC(=O)[C@@H](N)CCCCN)C(C)C)C(N)=O. The van der Waals surface area contributed by atoms with Gasteiger partial charge in [0.15, 0.2) is 5.96 Å². The molecule has 3 rings (SSSR count). The topological polar surface area (TPSA) is 706 Å². The van der Waals surface area contributed by atoms with Gasteiger partial charge in [-0.3, -0.25) is 86.5 Å². The van der Waals surface area contributed by atoms with E-state index < -0.39 is 211 Å². The molecule has 0 saturated heterocycles. The number of aromatic amines is 2. The van der Waals surface area contributed by atoms with Crippen LogP contribution in [0.1, 0.15) is 143 Å². The van der Waals surface area contributed by atoms with E-state index in [2.05, 4.69) is 89.1 Å². The predicted molar refractivity (Wildman–Crippen MR) is 423 cm³/mol. The van der Waals surface area contributed by atoms with Gasteiger partial charge in [0.05, 0.1) is 31.9 Å². The van der Waals surface area contributed by atoms with E-state index >= 15 is 0 Å². The van der Waals surface area contributed by atoms with Crippen LogP contribution in [0.4, 0.5) is 0 Å². The maximum atomic E-state index is 14.6. The van der Waals surface area contributed by atoms with E-state index in [1.165, 1.54) is 31.2 Å². The third-order valence-corrected chi connectivity index (χ3v) is 18.3. The fraction of sp³-hybridized carbons (Fsp3) is 0.597. The third kappa shape index (κ3) is 36.9. The van der Waals surface area contributed by atoms with Gasteiger partial charge in [-0.1, -0.05) is 66.2 Å². The zero-order valence-corrected chi connectivity index (χ0v) is 66.9. The Morgan fingerprint density at radius 2 is 0.991 bits per heavy atom. The number of nitrogens with zero attached hydrogens (tertiary/aromatic N) is 2. The highest BCUT2D eigenvalue weighted by molar-refractivity contribution is 7.98. The van der Waals surface area contributed by atoms with Crippen molar-refractivity contribution in [3.63, 3.8) is 0 Å². The molecule has 43 heteroatoms. The number of carboxylic acids is 1. The lowest BCUT2D eigenvalue weighted by Gasteiger charge is -2.27. The Kier molecular flexibility index (Phi) is 43.0. The lowest BCUT2D eigenvalue weighted by molar-refractivity contribution is -0.141. The van der Waals surface area contributed by atoms with Crippen LogP contribution in [0.2, 0.25) is 0 Å². The minimum atomic E-state index is -2.01. The largest absolute Gasteiger partial charge is 0.481 e. The van der Waals surface area contributed by atoms with E-state index in [9.17, 15) is 86.6 Å². The molecule has 0 aliphatic heterocycles. The highest BCUT2D eigenvalue weighted by Gasteiger charge is 2.37. The van der Waals surface area contributed by atoms with E-state index in [0.717, 1.165) is 0 Å². The molecule has 3 aromatic rings. The van der Waals surface area contributed by atoms with E-state index in [-0.39, 0.29) is 88.5 Å². The maximum Gasteiger partial charge on any atom is 0.305 e. The standard InChI is InChI=1S/C72H116N24O18S/c1-36(2)26-49(93-64(107)46(17-13-24-81-72(78)79)91-65(108)47(18-20-54(75)97)90-62(105)43(74)15-11-12-23-73)63(106)83-33-56(99)88-53(30-58(101)102)70(113)92-48(19-21-55(76)98)66(109)95-51(28-40-31-82-44-16-10-9-14-42(40)44)67(110)86-39(7)61(104)96-59(38(5)6)71(114)84-34-57(100)87-52(29-41-32-80-35-85-41)69(112)94-50(27-37(3)4)68(111)89-45(60(77)103)22-25-115-8/h9-10,14,16,31-32,35-39,43,45-53,59,82H,11-13,15,17-30,33-34,73-74H2,1-8H3,(H2,75,97)(H2,76,98)(H2,77,103)(H,80,85)(H,83,106)(H,84,114)(H,86,110)(H,87,100)(H,88,99)(H,89,111)(H,90,105)(H,91,108)(H,92,113)(H,93,107)(H,94,112)(H,95,109)(H,96,104)(H,101,102)(H4,78,79,81)/t39-,43-,45-,46-,47-,48-,49-,50-,51-,52-,53-,59-/m0/s1. The van der Waals surface area contributed by atoms with E-state index in [0.29, 0.717) is 47.3 Å². The maximum absolute atomic E-state index is 14.6. The molecule has 1 aromatic carbocycles. The van der Waals surface area contributed by atoms with Crippen molar-refractivity contribution in [2.45, 2.75) is 217 Å². The first-order valence-electron chi connectivity index (χ1n) is 37.7. The fourth-order valence-corrected chi connectivity index (χ4v) is 12.0. The normalized spacial score (nSPS) is 14.3. The number of nitrogens with one attached hydrogen (secondary N) is 15. The summed E-state index contributed by atoms with van der Waals surface area (Å²) in [6.07, 6.45) is 4.18. The number of hydrogen-bond donors (Lipinski definition) is 23. The number of imidazole rings is 1. The van der Waals surface area contributed by atoms with Gasteiger partial charge in [0.1, 0.15) is 66.5 Å². The van der Waals surface area contributed by atoms with Crippen LogP contribution >= 0.6 is 11.8 Å². The van der Waals surface area contributed by atoms with Crippen LogP contribution in [-0.4, -0.2) is 237 Å². The van der Waals surface area contributed by atoms with Crippen molar-refractivity contribution < 1.29 is 86.6 Å². The molecule has 638 valence electrons. The minimum absolute atomic E-state index is 0.0220. The molecule has 0 aliphatic rings. The fourth-order valence-electron chi connectivity index (χ4n) is 11.6. The highest BCUT2D eigenvalue weighted by Crippen LogP contribution is 2.20. The van der Waals surface area contributed by atoms with Crippen LogP contribution in [0.25, 0.3) is 10.9 Å². The number of guanidine groups is 1. The molecule has 2 aromatic heterocycles. The lowest BCUT2D eigenvalue weighted by Crippen LogP contribution is -2.60. The van der Waals surface area contributed by atoms with Gasteiger partial charge in [0.25, 0.3) is 0 Å². The molecule has 2 heterocycles. The van der Waals surface area contributed by atoms with Gasteiger partial charge in [0, 0.05) is 61.2 Å². The van der Waals surface area contributed by atoms with Gasteiger partial charge >= 0.3 is 5.97 Å². The number of para-hydroxylation sites is 1. The number of benzene rings is 1. The highest BCUT2D eigenvalue weighted by atomic mass is 32.2. The van der Waals surface area contributed by atoms with Crippen molar-refractivity contribution >= 4 is 129 Å². The van der Waals surface area contributed by atoms with Gasteiger partial charge in [-0.15, -0.1) is 0 Å². The van der Waals surface area contributed by atoms with Crippen LogP contribution in [0.15, 0.2) is 48.0 Å². The summed E-state index contributed by atoms with van der Waals surface area (Å²) in [5, 5.41) is 42.9. The molecule has 0 spiro atoms. The lowest BCUT2D eigenvalue weighted by atomic mass is 10.0. The second-order valence-corrected chi connectivity index (χ2v) is 29.8. The first-order valence-corrected chi connectivity index (χ1v) is 39.1. The second-order valence-electron chi connectivity index (χ2n) is 28.8. The second kappa shape index (κ2) is 50.6. The van der Waals surface area contributed by atoms with Gasteiger partial charge in [-0.2, -0.15) is 11.8 Å². The van der Waals surface area contributed by atoms with E-state index in [4.69, 9.17) is 40.1 Å². The molecule has 30 N–H and O–H groups in total. The minimum Gasteiger partial charge on any atom is -0.481 e. The average molecular weight is 1640 g/mol. The van der Waals surface area contributed by atoms with Gasteiger partial charge in [0.2, 0.25) is 94.5 Å². The smallest absolute Gasteiger partial charge is 0.305 e. The van der Waals surface area contributed by atoms with Crippen LogP contribution < -0.4 is 109 Å². The Bertz CT molecular complexity index is 3830. The number of aliphatic imine (C=N–C) groups is 1. The molecule has 115 heavy (non-hydrogen) atoms. The predicted octanol–water partition coefficient (Wildman–Crippen LogP) is -6.24. The number of fused-ring (bicyclic) bond motifs is 1. The quantitative estimate of drug-likeness (QED) is 0.0142. The molecule has 0 unspecified atom stereocenters. The van der Waals surface area contributed by atoms with E-state index in [1.807, 2.05) is 20.1 Å². The molecule has 0 radical (unpaired) electrons. The Morgan fingerprint density at radius 1 is 0.504 bits per heavy atom. The van der Waals surface area contributed by atoms with Crippen LogP contribution in [0.3, 0.4) is 0 Å². The number of carboxylic acid groups (broad SMARTS) is 1. The molecular weight excluding hydrogens is 1520 g/mol. The van der Waals surface area contributed by atoms with Crippen molar-refractivity contribution in [2.24, 2.45) is 62.9 Å². The van der Waals surface area contributed by atoms with Gasteiger partial charge in [-0.05, 0) is 113 Å². The number of H-pyrrole nitrogens is 2. The molecule has 0 saturated carbocycles. The summed E-state index contributed by atoms with van der Waals surface area (Å²) in [4.78, 5) is 244. The number of unbranched alkanes of at least 4 members (excludes halogenated alkanes) is 1. The van der Waals surface area contributed by atoms with Crippen molar-refractivity contribution in [2.75, 3.05) is 38.2 Å². The van der Waals surface area contributed by atoms with E-state index in [1.54, 1.807) is 58.2 Å². The monoisotopic (exact) mass is 1640 g/mol. The van der Waals surface area contributed by atoms with Gasteiger partial charge < -0.3 is 124 Å². The number of carbonyl (C=O) groups is 17. The number of nitrogens with two attached hydrogens (primary N) is 7. The molecule has 0 aliphatic carbocycles. The number of amides is 16. The Labute approximate surface area is 669 Å².